The second-order valence-corrected chi connectivity index (χ2v) is 2.76. The van der Waals surface area contributed by atoms with Gasteiger partial charge in [0.05, 0.1) is 19.8 Å². The van der Waals surface area contributed by atoms with Crippen molar-refractivity contribution in [2.45, 2.75) is 13.3 Å². The van der Waals surface area contributed by atoms with Gasteiger partial charge in [0.25, 0.3) is 0 Å². The Bertz CT molecular complexity index is 240. The maximum Gasteiger partial charge on any atom is 0.316 e. The van der Waals surface area contributed by atoms with Gasteiger partial charge >= 0.3 is 5.97 Å². The number of esters is 1. The predicted molar refractivity (Wildman–Crippen MR) is 44.8 cm³/mol. The third kappa shape index (κ3) is 2.41. The van der Waals surface area contributed by atoms with Gasteiger partial charge in [-0.05, 0) is 6.92 Å². The molecule has 1 aliphatic heterocycles. The zero-order valence-electron chi connectivity index (χ0n) is 7.54. The minimum absolute atomic E-state index is 0.239. The molecule has 0 aliphatic carbocycles. The van der Waals surface area contributed by atoms with E-state index in [1.165, 1.54) is 0 Å². The fourth-order valence-electron chi connectivity index (χ4n) is 1.23. The van der Waals surface area contributed by atoms with E-state index >= 15 is 0 Å². The Morgan fingerprint density at radius 2 is 2.54 bits per heavy atom. The average molecular weight is 184 g/mol. The molecule has 0 bridgehead atoms. The van der Waals surface area contributed by atoms with Crippen molar-refractivity contribution in [1.82, 2.24) is 0 Å². The lowest BCUT2D eigenvalue weighted by Crippen LogP contribution is -2.29. The molecule has 4 nitrogen and oxygen atoms in total. The summed E-state index contributed by atoms with van der Waals surface area (Å²) in [5.41, 5.74) is 0.463. The number of carbonyl (C=O) groups is 1. The smallest absolute Gasteiger partial charge is 0.316 e. The molecule has 0 aromatic carbocycles. The first-order chi connectivity index (χ1) is 6.29. The summed E-state index contributed by atoms with van der Waals surface area (Å²) in [4.78, 5) is 21.7. The van der Waals surface area contributed by atoms with E-state index in [4.69, 9.17) is 9.47 Å². The summed E-state index contributed by atoms with van der Waals surface area (Å²) in [6, 6.07) is 0. The third-order valence-corrected chi connectivity index (χ3v) is 1.92. The van der Waals surface area contributed by atoms with E-state index in [-0.39, 0.29) is 12.6 Å². The topological polar surface area (TPSA) is 52.6 Å². The zero-order chi connectivity index (χ0) is 9.68. The number of carbonyl (C=O) groups excluding carboxylic acids is 2. The third-order valence-electron chi connectivity index (χ3n) is 1.92. The fourth-order valence-corrected chi connectivity index (χ4v) is 1.23. The molecule has 13 heavy (non-hydrogen) atoms. The fraction of sp³-hybridized carbons (Fsp3) is 0.667. The summed E-state index contributed by atoms with van der Waals surface area (Å²) in [6.07, 6.45) is 0.479. The van der Waals surface area contributed by atoms with Gasteiger partial charge in [-0.15, -0.1) is 0 Å². The van der Waals surface area contributed by atoms with Crippen LogP contribution in [0.2, 0.25) is 0 Å². The molecule has 1 saturated heterocycles. The Labute approximate surface area is 76.5 Å². The highest BCUT2D eigenvalue weighted by Gasteiger charge is 2.28. The Morgan fingerprint density at radius 1 is 1.77 bits per heavy atom. The first-order valence-corrected chi connectivity index (χ1v) is 4.27. The van der Waals surface area contributed by atoms with Gasteiger partial charge in [0, 0.05) is 12.0 Å². The Kier molecular flexibility index (Phi) is 3.68. The molecule has 1 heterocycles. The van der Waals surface area contributed by atoms with Crippen molar-refractivity contribution in [3.63, 3.8) is 0 Å². The highest BCUT2D eigenvalue weighted by atomic mass is 16.5. The van der Waals surface area contributed by atoms with Gasteiger partial charge < -0.3 is 9.47 Å². The first kappa shape index (κ1) is 9.96. The zero-order valence-corrected chi connectivity index (χ0v) is 7.54. The molecule has 1 atom stereocenters. The minimum atomic E-state index is -0.536. The van der Waals surface area contributed by atoms with Crippen molar-refractivity contribution in [2.24, 2.45) is 5.92 Å². The lowest BCUT2D eigenvalue weighted by Gasteiger charge is -2.21. The van der Waals surface area contributed by atoms with Crippen LogP contribution in [0, 0.1) is 5.92 Å². The monoisotopic (exact) mass is 184 g/mol. The van der Waals surface area contributed by atoms with Gasteiger partial charge in [-0.25, -0.2) is 4.79 Å². The molecule has 0 amide bonds. The van der Waals surface area contributed by atoms with Gasteiger partial charge in [-0.3, -0.25) is 4.79 Å². The molecule has 1 fully saturated rings. The minimum Gasteiger partial charge on any atom is -0.465 e. The van der Waals surface area contributed by atoms with Crippen molar-refractivity contribution in [2.75, 3.05) is 19.8 Å². The van der Waals surface area contributed by atoms with Gasteiger partial charge in [0.2, 0.25) is 0 Å². The quantitative estimate of drug-likeness (QED) is 0.459. The Morgan fingerprint density at radius 3 is 3.15 bits per heavy atom. The van der Waals surface area contributed by atoms with E-state index in [0.717, 1.165) is 0 Å². The van der Waals surface area contributed by atoms with Gasteiger partial charge in [-0.2, -0.15) is 0 Å². The summed E-state index contributed by atoms with van der Waals surface area (Å²) < 4.78 is 9.88. The van der Waals surface area contributed by atoms with Crippen LogP contribution in [-0.2, 0) is 19.1 Å². The summed E-state index contributed by atoms with van der Waals surface area (Å²) in [5, 5.41) is 0. The van der Waals surface area contributed by atoms with Crippen molar-refractivity contribution in [1.29, 1.82) is 0 Å². The maximum atomic E-state index is 11.3. The second kappa shape index (κ2) is 4.80. The molecule has 0 spiro atoms. The number of hydrogen-bond acceptors (Lipinski definition) is 4. The van der Waals surface area contributed by atoms with Crippen LogP contribution in [0.5, 0.6) is 0 Å². The van der Waals surface area contributed by atoms with E-state index in [0.29, 0.717) is 25.2 Å². The number of hydrogen-bond donors (Lipinski definition) is 0. The average Bonchev–Trinajstić information content (AvgIpc) is 2.18. The van der Waals surface area contributed by atoms with Crippen LogP contribution < -0.4 is 0 Å². The largest absolute Gasteiger partial charge is 0.465 e. The van der Waals surface area contributed by atoms with Crippen molar-refractivity contribution in [3.05, 3.63) is 5.57 Å². The van der Waals surface area contributed by atoms with E-state index in [1.807, 2.05) is 0 Å². The highest BCUT2D eigenvalue weighted by molar-refractivity contribution is 5.79. The SMILES string of the molecule is CCOC(=O)C1COCCC1=C=O. The molecule has 0 radical (unpaired) electrons. The molecular weight excluding hydrogens is 172 g/mol. The van der Waals surface area contributed by atoms with E-state index < -0.39 is 5.92 Å². The molecule has 0 saturated carbocycles. The summed E-state index contributed by atoms with van der Waals surface area (Å²) >= 11 is 0. The van der Waals surface area contributed by atoms with Crippen LogP contribution in [0.15, 0.2) is 5.57 Å². The molecule has 1 rings (SSSR count). The molecule has 0 aromatic rings. The Hall–Kier alpha value is -1.12. The van der Waals surface area contributed by atoms with Gasteiger partial charge in [0.1, 0.15) is 11.9 Å². The standard InChI is InChI=1S/C9H12O4/c1-2-13-9(11)8-6-12-4-3-7(8)5-10/h8H,2-4,6H2,1H3. The Balaban J connectivity index is 2.64. The first-order valence-electron chi connectivity index (χ1n) is 4.27. The van der Waals surface area contributed by atoms with Crippen molar-refractivity contribution >= 4 is 11.9 Å². The predicted octanol–water partition coefficient (Wildman–Crippen LogP) is 0.344. The van der Waals surface area contributed by atoms with E-state index in [9.17, 15) is 9.59 Å². The van der Waals surface area contributed by atoms with Crippen molar-refractivity contribution in [3.8, 4) is 0 Å². The number of rotatable bonds is 2. The molecular formula is C9H12O4. The molecule has 1 unspecified atom stereocenters. The van der Waals surface area contributed by atoms with Crippen molar-refractivity contribution < 1.29 is 19.1 Å². The van der Waals surface area contributed by atoms with Crippen LogP contribution in [0.4, 0.5) is 0 Å². The molecule has 72 valence electrons. The summed E-state index contributed by atoms with van der Waals surface area (Å²) in [7, 11) is 0. The van der Waals surface area contributed by atoms with Gasteiger partial charge in [0.15, 0.2) is 0 Å². The molecule has 0 aromatic heterocycles. The maximum absolute atomic E-state index is 11.3. The lowest BCUT2D eigenvalue weighted by molar-refractivity contribution is -0.149. The highest BCUT2D eigenvalue weighted by Crippen LogP contribution is 2.19. The van der Waals surface area contributed by atoms with Crippen LogP contribution in [-0.4, -0.2) is 31.7 Å². The van der Waals surface area contributed by atoms with E-state index in [2.05, 4.69) is 0 Å². The number of ether oxygens (including phenoxy) is 2. The second-order valence-electron chi connectivity index (χ2n) is 2.76. The molecule has 4 heteroatoms. The summed E-state index contributed by atoms with van der Waals surface area (Å²) in [6.45, 7) is 2.78. The van der Waals surface area contributed by atoms with Crippen LogP contribution in [0.25, 0.3) is 0 Å². The normalized spacial score (nSPS) is 22.2. The van der Waals surface area contributed by atoms with E-state index in [1.54, 1.807) is 12.9 Å². The van der Waals surface area contributed by atoms with Crippen LogP contribution in [0.1, 0.15) is 13.3 Å². The van der Waals surface area contributed by atoms with Crippen LogP contribution in [0.3, 0.4) is 0 Å². The van der Waals surface area contributed by atoms with Crippen LogP contribution >= 0.6 is 0 Å². The molecule has 0 N–H and O–H groups in total. The lowest BCUT2D eigenvalue weighted by atomic mass is 9.97. The summed E-state index contributed by atoms with van der Waals surface area (Å²) in [5.74, 6) is 0.855. The molecule has 1 aliphatic rings. The van der Waals surface area contributed by atoms with Gasteiger partial charge in [-0.1, -0.05) is 0 Å².